The standard InChI is InChI=1S/C23H16NO3.ClHO4/c25-24(26)21-13-11-17(12-14-21)20-15-22(18-7-3-1-4-8-18)27-23(16-20)19-9-5-2-6-10-19;2-1(3,4)5/h1-16H;(H,2,3,4,5)/q+1;/p-1. The fourth-order valence-electron chi connectivity index (χ4n) is 2.93. The van der Waals surface area contributed by atoms with E-state index in [1.165, 1.54) is 12.1 Å². The number of nitro groups is 1. The largest absolute Gasteiger partial charge is 0.361 e. The Morgan fingerprint density at radius 2 is 1.00 bits per heavy atom. The zero-order valence-electron chi connectivity index (χ0n) is 16.4. The van der Waals surface area contributed by atoms with Gasteiger partial charge in [0.15, 0.2) is 0 Å². The van der Waals surface area contributed by atoms with Crippen LogP contribution >= 0.6 is 0 Å². The maximum Gasteiger partial charge on any atom is 0.361 e. The van der Waals surface area contributed by atoms with Gasteiger partial charge in [0.2, 0.25) is 0 Å². The van der Waals surface area contributed by atoms with Crippen LogP contribution in [0.15, 0.2) is 101 Å². The summed E-state index contributed by atoms with van der Waals surface area (Å²) in [6.45, 7) is 0. The molecule has 0 fully saturated rings. The van der Waals surface area contributed by atoms with Crippen molar-refractivity contribution < 1.29 is 38.2 Å². The first kappa shape index (κ1) is 23.0. The van der Waals surface area contributed by atoms with Gasteiger partial charge < -0.3 is 0 Å². The monoisotopic (exact) mass is 453 g/mol. The summed E-state index contributed by atoms with van der Waals surface area (Å²) in [5.41, 5.74) is 3.85. The van der Waals surface area contributed by atoms with Crippen molar-refractivity contribution in [3.05, 3.63) is 107 Å². The van der Waals surface area contributed by atoms with Gasteiger partial charge in [-0.15, -0.1) is 10.2 Å². The van der Waals surface area contributed by atoms with Gasteiger partial charge in [0.05, 0.1) is 28.2 Å². The van der Waals surface area contributed by atoms with Crippen LogP contribution in [0, 0.1) is 20.4 Å². The van der Waals surface area contributed by atoms with Gasteiger partial charge in [-0.1, -0.05) is 36.4 Å². The molecule has 1 heterocycles. The lowest BCUT2D eigenvalue weighted by molar-refractivity contribution is -2.00. The van der Waals surface area contributed by atoms with Crippen molar-refractivity contribution in [1.29, 1.82) is 0 Å². The van der Waals surface area contributed by atoms with E-state index in [0.29, 0.717) is 0 Å². The fraction of sp³-hybridized carbons (Fsp3) is 0. The number of non-ortho nitro benzene ring substituents is 1. The molecule has 4 rings (SSSR count). The molecule has 0 bridgehead atoms. The van der Waals surface area contributed by atoms with Crippen LogP contribution in [0.4, 0.5) is 5.69 Å². The van der Waals surface area contributed by atoms with Gasteiger partial charge in [-0.25, -0.2) is 23.1 Å². The molecule has 0 aliphatic heterocycles. The molecular weight excluding hydrogens is 438 g/mol. The third-order valence-electron chi connectivity index (χ3n) is 4.32. The molecule has 4 aromatic rings. The van der Waals surface area contributed by atoms with E-state index in [1.807, 2.05) is 72.8 Å². The highest BCUT2D eigenvalue weighted by Gasteiger charge is 2.20. The van der Waals surface area contributed by atoms with E-state index >= 15 is 0 Å². The van der Waals surface area contributed by atoms with Crippen molar-refractivity contribution in [3.8, 4) is 33.8 Å². The normalized spacial score (nSPS) is 10.8. The first-order valence-corrected chi connectivity index (χ1v) is 10.4. The Morgan fingerprint density at radius 1 is 0.594 bits per heavy atom. The quantitative estimate of drug-likeness (QED) is 0.259. The van der Waals surface area contributed by atoms with Crippen molar-refractivity contribution >= 4 is 5.69 Å². The predicted octanol–water partition coefficient (Wildman–Crippen LogP) is 1.71. The molecule has 0 amide bonds. The van der Waals surface area contributed by atoms with Crippen LogP contribution in [-0.4, -0.2) is 4.92 Å². The molecule has 162 valence electrons. The van der Waals surface area contributed by atoms with Crippen LogP contribution in [0.5, 0.6) is 0 Å². The van der Waals surface area contributed by atoms with Crippen LogP contribution in [0.2, 0.25) is 0 Å². The summed E-state index contributed by atoms with van der Waals surface area (Å²) in [7, 11) is -4.94. The van der Waals surface area contributed by atoms with Crippen molar-refractivity contribution in [2.24, 2.45) is 0 Å². The maximum absolute atomic E-state index is 10.9. The lowest BCUT2D eigenvalue weighted by Crippen LogP contribution is -2.68. The molecular formula is C23H16ClNO7. The summed E-state index contributed by atoms with van der Waals surface area (Å²) in [6.07, 6.45) is 0. The Hall–Kier alpha value is -3.66. The van der Waals surface area contributed by atoms with Gasteiger partial charge >= 0.3 is 11.5 Å². The number of nitro benzene ring substituents is 1. The molecule has 1 aromatic heterocycles. The van der Waals surface area contributed by atoms with Crippen LogP contribution in [0.3, 0.4) is 0 Å². The Bertz CT molecular complexity index is 1110. The zero-order valence-corrected chi connectivity index (χ0v) is 17.2. The van der Waals surface area contributed by atoms with E-state index < -0.39 is 15.2 Å². The Kier molecular flexibility index (Phi) is 7.26. The lowest BCUT2D eigenvalue weighted by atomic mass is 10.0. The van der Waals surface area contributed by atoms with Crippen molar-refractivity contribution in [1.82, 2.24) is 0 Å². The Balaban J connectivity index is 0.000000523. The SMILES string of the molecule is O=[N+]([O-])c1ccc(-c2cc(-c3ccccc3)[o+]c(-c3ccccc3)c2)cc1.[O-][Cl+3]([O-])([O-])[O-]. The predicted molar refractivity (Wildman–Crippen MR) is 106 cm³/mol. The lowest BCUT2D eigenvalue weighted by Gasteiger charge is -2.17. The fourth-order valence-corrected chi connectivity index (χ4v) is 2.93. The van der Waals surface area contributed by atoms with E-state index in [9.17, 15) is 10.1 Å². The van der Waals surface area contributed by atoms with Crippen molar-refractivity contribution in [2.75, 3.05) is 0 Å². The van der Waals surface area contributed by atoms with E-state index in [4.69, 9.17) is 23.1 Å². The first-order valence-electron chi connectivity index (χ1n) is 9.16. The van der Waals surface area contributed by atoms with Gasteiger partial charge in [-0.3, -0.25) is 10.1 Å². The summed E-state index contributed by atoms with van der Waals surface area (Å²) >= 11 is 0. The molecule has 0 N–H and O–H groups in total. The number of hydrogen-bond donors (Lipinski definition) is 0. The second kappa shape index (κ2) is 10.1. The highest BCUT2D eigenvalue weighted by atomic mass is 35.7. The van der Waals surface area contributed by atoms with Crippen LogP contribution in [0.25, 0.3) is 33.8 Å². The first-order chi connectivity index (χ1) is 15.2. The van der Waals surface area contributed by atoms with Gasteiger partial charge in [0.1, 0.15) is 0 Å². The smallest absolute Gasteiger partial charge is 0.258 e. The molecule has 0 saturated carbocycles. The van der Waals surface area contributed by atoms with Crippen molar-refractivity contribution in [2.45, 2.75) is 0 Å². The summed E-state index contributed by atoms with van der Waals surface area (Å²) in [5.74, 6) is 1.48. The second-order valence-corrected chi connectivity index (χ2v) is 7.24. The molecule has 9 heteroatoms. The summed E-state index contributed by atoms with van der Waals surface area (Å²) in [5, 5.41) is 10.9. The minimum atomic E-state index is -4.94. The Morgan fingerprint density at radius 3 is 1.38 bits per heavy atom. The van der Waals surface area contributed by atoms with Crippen molar-refractivity contribution in [3.63, 3.8) is 0 Å². The maximum atomic E-state index is 10.9. The molecule has 0 radical (unpaired) electrons. The third-order valence-corrected chi connectivity index (χ3v) is 4.32. The van der Waals surface area contributed by atoms with E-state index in [0.717, 1.165) is 33.8 Å². The van der Waals surface area contributed by atoms with Gasteiger partial charge in [-0.2, -0.15) is 0 Å². The van der Waals surface area contributed by atoms with E-state index in [2.05, 4.69) is 0 Å². The number of hydrogen-bond acceptors (Lipinski definition) is 6. The summed E-state index contributed by atoms with van der Waals surface area (Å²) < 4.78 is 40.1. The average molecular weight is 454 g/mol. The minimum Gasteiger partial charge on any atom is -0.258 e. The van der Waals surface area contributed by atoms with Gasteiger partial charge in [0, 0.05) is 17.7 Å². The molecule has 8 nitrogen and oxygen atoms in total. The molecule has 3 aromatic carbocycles. The van der Waals surface area contributed by atoms with Crippen LogP contribution in [0.1, 0.15) is 0 Å². The third kappa shape index (κ3) is 6.67. The number of benzene rings is 3. The average Bonchev–Trinajstić information content (AvgIpc) is 2.79. The Labute approximate surface area is 185 Å². The summed E-state index contributed by atoms with van der Waals surface area (Å²) in [6, 6.07) is 30.2. The summed E-state index contributed by atoms with van der Waals surface area (Å²) in [4.78, 5) is 10.5. The van der Waals surface area contributed by atoms with Gasteiger partial charge in [0.25, 0.3) is 5.69 Å². The molecule has 0 atom stereocenters. The van der Waals surface area contributed by atoms with E-state index in [1.54, 1.807) is 12.1 Å². The van der Waals surface area contributed by atoms with E-state index in [-0.39, 0.29) is 5.69 Å². The molecule has 0 unspecified atom stereocenters. The highest BCUT2D eigenvalue weighted by Crippen LogP contribution is 2.33. The molecule has 0 aliphatic rings. The van der Waals surface area contributed by atoms with Crippen LogP contribution < -0.4 is 18.6 Å². The molecule has 0 spiro atoms. The minimum absolute atomic E-state index is 0.0749. The molecule has 0 saturated heterocycles. The molecule has 0 aliphatic carbocycles. The number of nitrogens with zero attached hydrogens (tertiary/aromatic N) is 1. The number of halogens is 1. The molecule has 32 heavy (non-hydrogen) atoms. The van der Waals surface area contributed by atoms with Gasteiger partial charge in [-0.05, 0) is 42.0 Å². The highest BCUT2D eigenvalue weighted by molar-refractivity contribution is 5.74. The topological polar surface area (TPSA) is 147 Å². The zero-order chi connectivity index (χ0) is 23.1. The second-order valence-electron chi connectivity index (χ2n) is 6.49. The van der Waals surface area contributed by atoms with Crippen LogP contribution in [-0.2, 0) is 0 Å². The number of rotatable bonds is 4.